The van der Waals surface area contributed by atoms with Gasteiger partial charge in [0.1, 0.15) is 10.8 Å². The number of rotatable bonds is 4. The third-order valence-electron chi connectivity index (χ3n) is 4.80. The van der Waals surface area contributed by atoms with Gasteiger partial charge in [0.25, 0.3) is 0 Å². The average Bonchev–Trinajstić information content (AvgIpc) is 3.21. The molecule has 1 aliphatic rings. The number of hydrogen-bond acceptors (Lipinski definition) is 5. The van der Waals surface area contributed by atoms with Crippen molar-refractivity contribution in [3.8, 4) is 0 Å². The summed E-state index contributed by atoms with van der Waals surface area (Å²) in [5.41, 5.74) is 3.73. The highest BCUT2D eigenvalue weighted by atomic mass is 35.5. The van der Waals surface area contributed by atoms with Gasteiger partial charge >= 0.3 is 0 Å². The van der Waals surface area contributed by atoms with E-state index >= 15 is 0 Å². The standard InChI is InChI=1S/C19H22ClN5S/c1-12(2)18-21-15-11-25(9-8-16(15)24(18)3)19-23-22-17(26-19)10-13-4-6-14(20)7-5-13/h4-7,12H,8-11H2,1-3H3. The van der Waals surface area contributed by atoms with Crippen LogP contribution in [-0.2, 0) is 26.4 Å². The van der Waals surface area contributed by atoms with Crippen molar-refractivity contribution >= 4 is 28.1 Å². The normalized spacial score (nSPS) is 14.1. The van der Waals surface area contributed by atoms with E-state index in [0.29, 0.717) is 5.92 Å². The van der Waals surface area contributed by atoms with Gasteiger partial charge in [-0.15, -0.1) is 10.2 Å². The summed E-state index contributed by atoms with van der Waals surface area (Å²) in [5, 5.41) is 11.6. The summed E-state index contributed by atoms with van der Waals surface area (Å²) in [5.74, 6) is 1.60. The minimum atomic E-state index is 0.437. The van der Waals surface area contributed by atoms with E-state index in [1.165, 1.54) is 17.0 Å². The monoisotopic (exact) mass is 387 g/mol. The number of imidazole rings is 1. The van der Waals surface area contributed by atoms with Crippen molar-refractivity contribution in [2.24, 2.45) is 7.05 Å². The number of hydrogen-bond donors (Lipinski definition) is 0. The highest BCUT2D eigenvalue weighted by Crippen LogP contribution is 2.29. The van der Waals surface area contributed by atoms with Crippen LogP contribution in [0.4, 0.5) is 5.13 Å². The SMILES string of the molecule is CC(C)c1nc2c(n1C)CCN(c1nnc(Cc3ccc(Cl)cc3)s1)C2. The fourth-order valence-electron chi connectivity index (χ4n) is 3.45. The van der Waals surface area contributed by atoms with Crippen LogP contribution in [0, 0.1) is 0 Å². The van der Waals surface area contributed by atoms with E-state index in [0.717, 1.165) is 46.9 Å². The highest BCUT2D eigenvalue weighted by molar-refractivity contribution is 7.15. The molecule has 0 N–H and O–H groups in total. The van der Waals surface area contributed by atoms with E-state index in [9.17, 15) is 0 Å². The predicted molar refractivity (Wildman–Crippen MR) is 106 cm³/mol. The van der Waals surface area contributed by atoms with Crippen LogP contribution in [-0.4, -0.2) is 26.3 Å². The summed E-state index contributed by atoms with van der Waals surface area (Å²) in [7, 11) is 2.13. The molecule has 0 saturated carbocycles. The number of aromatic nitrogens is 4. The Morgan fingerprint density at radius 2 is 1.96 bits per heavy atom. The third-order valence-corrected chi connectivity index (χ3v) is 6.04. The molecule has 0 radical (unpaired) electrons. The smallest absolute Gasteiger partial charge is 0.208 e. The lowest BCUT2D eigenvalue weighted by Gasteiger charge is -2.25. The van der Waals surface area contributed by atoms with Gasteiger partial charge in [0.2, 0.25) is 5.13 Å². The van der Waals surface area contributed by atoms with Gasteiger partial charge in [-0.2, -0.15) is 0 Å². The summed E-state index contributed by atoms with van der Waals surface area (Å²) < 4.78 is 2.27. The van der Waals surface area contributed by atoms with Crippen molar-refractivity contribution in [2.75, 3.05) is 11.4 Å². The molecular weight excluding hydrogens is 366 g/mol. The van der Waals surface area contributed by atoms with Crippen molar-refractivity contribution in [3.05, 3.63) is 57.1 Å². The van der Waals surface area contributed by atoms with Crippen molar-refractivity contribution in [3.63, 3.8) is 0 Å². The van der Waals surface area contributed by atoms with Gasteiger partial charge in [-0.25, -0.2) is 4.98 Å². The minimum Gasteiger partial charge on any atom is -0.340 e. The summed E-state index contributed by atoms with van der Waals surface area (Å²) in [6.45, 7) is 6.16. The second kappa shape index (κ2) is 7.00. The van der Waals surface area contributed by atoms with Gasteiger partial charge in [-0.3, -0.25) is 0 Å². The molecule has 0 fully saturated rings. The first-order chi connectivity index (χ1) is 12.5. The summed E-state index contributed by atoms with van der Waals surface area (Å²) in [6, 6.07) is 7.91. The number of benzene rings is 1. The summed E-state index contributed by atoms with van der Waals surface area (Å²) >= 11 is 7.62. The topological polar surface area (TPSA) is 46.8 Å². The maximum absolute atomic E-state index is 5.95. The van der Waals surface area contributed by atoms with Crippen LogP contribution >= 0.6 is 22.9 Å². The molecule has 0 saturated heterocycles. The van der Waals surface area contributed by atoms with E-state index in [1.807, 2.05) is 24.3 Å². The molecule has 0 spiro atoms. The van der Waals surface area contributed by atoms with Crippen LogP contribution in [0.15, 0.2) is 24.3 Å². The Morgan fingerprint density at radius 1 is 1.19 bits per heavy atom. The number of halogens is 1. The molecule has 136 valence electrons. The molecular formula is C19H22ClN5S. The van der Waals surface area contributed by atoms with Crippen LogP contribution in [0.5, 0.6) is 0 Å². The largest absolute Gasteiger partial charge is 0.340 e. The van der Waals surface area contributed by atoms with Crippen LogP contribution in [0.25, 0.3) is 0 Å². The molecule has 0 aliphatic carbocycles. The maximum atomic E-state index is 5.95. The molecule has 0 amide bonds. The Bertz CT molecular complexity index is 913. The first-order valence-corrected chi connectivity index (χ1v) is 10.1. The van der Waals surface area contributed by atoms with Gasteiger partial charge in [0.05, 0.1) is 12.2 Å². The number of anilines is 1. The van der Waals surface area contributed by atoms with E-state index in [2.05, 4.69) is 40.6 Å². The zero-order valence-corrected chi connectivity index (χ0v) is 16.8. The first kappa shape index (κ1) is 17.5. The van der Waals surface area contributed by atoms with Crippen molar-refractivity contribution in [2.45, 2.75) is 39.2 Å². The zero-order valence-electron chi connectivity index (χ0n) is 15.2. The lowest BCUT2D eigenvalue weighted by atomic mass is 10.1. The van der Waals surface area contributed by atoms with Crippen LogP contribution in [0.2, 0.25) is 5.02 Å². The molecule has 4 rings (SSSR count). The van der Waals surface area contributed by atoms with Gasteiger partial charge < -0.3 is 9.47 Å². The van der Waals surface area contributed by atoms with Crippen LogP contribution in [0.3, 0.4) is 0 Å². The van der Waals surface area contributed by atoms with Gasteiger partial charge in [0.15, 0.2) is 0 Å². The number of fused-ring (bicyclic) bond motifs is 1. The Hall–Kier alpha value is -1.92. The number of nitrogens with zero attached hydrogens (tertiary/aromatic N) is 5. The van der Waals surface area contributed by atoms with Crippen LogP contribution < -0.4 is 4.90 Å². The van der Waals surface area contributed by atoms with Crippen molar-refractivity contribution in [1.29, 1.82) is 0 Å². The lowest BCUT2D eigenvalue weighted by molar-refractivity contribution is 0.660. The molecule has 7 heteroatoms. The molecule has 3 heterocycles. The summed E-state index contributed by atoms with van der Waals surface area (Å²) in [6.07, 6.45) is 1.78. The molecule has 0 bridgehead atoms. The van der Waals surface area contributed by atoms with Gasteiger partial charge in [-0.1, -0.05) is 48.9 Å². The molecule has 0 unspecified atom stereocenters. The van der Waals surface area contributed by atoms with E-state index in [-0.39, 0.29) is 0 Å². The van der Waals surface area contributed by atoms with Crippen molar-refractivity contribution < 1.29 is 0 Å². The molecule has 1 aliphatic heterocycles. The molecule has 2 aromatic heterocycles. The molecule has 26 heavy (non-hydrogen) atoms. The van der Waals surface area contributed by atoms with Crippen molar-refractivity contribution in [1.82, 2.24) is 19.7 Å². The molecule has 1 aromatic carbocycles. The predicted octanol–water partition coefficient (Wildman–Crippen LogP) is 4.20. The Balaban J connectivity index is 1.50. The Labute approximate surface area is 162 Å². The second-order valence-corrected chi connectivity index (χ2v) is 8.51. The van der Waals surface area contributed by atoms with E-state index in [1.54, 1.807) is 11.3 Å². The molecule has 0 atom stereocenters. The fourth-order valence-corrected chi connectivity index (χ4v) is 4.47. The zero-order chi connectivity index (χ0) is 18.3. The lowest BCUT2D eigenvalue weighted by Crippen LogP contribution is -2.31. The Kier molecular flexibility index (Phi) is 4.71. The van der Waals surface area contributed by atoms with E-state index < -0.39 is 0 Å². The third kappa shape index (κ3) is 3.35. The summed E-state index contributed by atoms with van der Waals surface area (Å²) in [4.78, 5) is 7.17. The minimum absolute atomic E-state index is 0.437. The molecule has 3 aromatic rings. The van der Waals surface area contributed by atoms with Gasteiger partial charge in [-0.05, 0) is 17.7 Å². The van der Waals surface area contributed by atoms with E-state index in [4.69, 9.17) is 16.6 Å². The molecule has 5 nitrogen and oxygen atoms in total. The maximum Gasteiger partial charge on any atom is 0.208 e. The first-order valence-electron chi connectivity index (χ1n) is 8.87. The van der Waals surface area contributed by atoms with Crippen LogP contribution in [0.1, 0.15) is 47.5 Å². The fraction of sp³-hybridized carbons (Fsp3) is 0.421. The van der Waals surface area contributed by atoms with Gasteiger partial charge in [0, 0.05) is 43.1 Å². The second-order valence-electron chi connectivity index (χ2n) is 7.03. The Morgan fingerprint density at radius 3 is 2.69 bits per heavy atom. The highest BCUT2D eigenvalue weighted by Gasteiger charge is 2.25. The average molecular weight is 388 g/mol. The quantitative estimate of drug-likeness (QED) is 0.673.